The fourth-order valence-corrected chi connectivity index (χ4v) is 2.69. The van der Waals surface area contributed by atoms with Gasteiger partial charge in [0.15, 0.2) is 0 Å². The van der Waals surface area contributed by atoms with Gasteiger partial charge in [-0.3, -0.25) is 25.3 Å². The SMILES string of the molecule is N[C@@H]1CCCN(CC(=O)NNC(=O)c2cccs2)C1. The highest BCUT2D eigenvalue weighted by Crippen LogP contribution is 2.08. The number of nitrogens with two attached hydrogens (primary N) is 1. The second-order valence-electron chi connectivity index (χ2n) is 4.62. The molecule has 0 aromatic carbocycles. The molecule has 0 aliphatic carbocycles. The number of piperidine rings is 1. The molecule has 0 saturated carbocycles. The van der Waals surface area contributed by atoms with Gasteiger partial charge in [-0.2, -0.15) is 0 Å². The normalized spacial score (nSPS) is 19.9. The fourth-order valence-electron chi connectivity index (χ4n) is 2.07. The summed E-state index contributed by atoms with van der Waals surface area (Å²) in [5.74, 6) is -0.516. The average Bonchev–Trinajstić information content (AvgIpc) is 2.90. The Morgan fingerprint density at radius 2 is 2.32 bits per heavy atom. The second kappa shape index (κ2) is 6.65. The van der Waals surface area contributed by atoms with Crippen LogP contribution in [-0.4, -0.2) is 42.4 Å². The molecule has 104 valence electrons. The zero-order valence-electron chi connectivity index (χ0n) is 10.6. The summed E-state index contributed by atoms with van der Waals surface area (Å²) in [4.78, 5) is 25.9. The number of likely N-dealkylation sites (tertiary alicyclic amines) is 1. The number of carbonyl (C=O) groups excluding carboxylic acids is 2. The van der Waals surface area contributed by atoms with Gasteiger partial charge >= 0.3 is 0 Å². The van der Waals surface area contributed by atoms with Crippen molar-refractivity contribution in [3.05, 3.63) is 22.4 Å². The van der Waals surface area contributed by atoms with Crippen LogP contribution in [-0.2, 0) is 4.79 Å². The Labute approximate surface area is 115 Å². The van der Waals surface area contributed by atoms with Gasteiger partial charge in [0, 0.05) is 12.6 Å². The predicted molar refractivity (Wildman–Crippen MR) is 73.6 cm³/mol. The number of thiophene rings is 1. The number of nitrogens with one attached hydrogen (secondary N) is 2. The number of hydrogen-bond acceptors (Lipinski definition) is 5. The lowest BCUT2D eigenvalue weighted by molar-refractivity contribution is -0.123. The Bertz CT molecular complexity index is 435. The summed E-state index contributed by atoms with van der Waals surface area (Å²) >= 11 is 1.33. The van der Waals surface area contributed by atoms with E-state index in [4.69, 9.17) is 5.73 Å². The van der Waals surface area contributed by atoms with Crippen LogP contribution in [0.15, 0.2) is 17.5 Å². The van der Waals surface area contributed by atoms with Crippen LogP contribution in [0.3, 0.4) is 0 Å². The molecule has 1 aromatic rings. The molecule has 19 heavy (non-hydrogen) atoms. The molecule has 1 atom stereocenters. The minimum atomic E-state index is -0.293. The van der Waals surface area contributed by atoms with Crippen molar-refractivity contribution >= 4 is 23.2 Å². The van der Waals surface area contributed by atoms with Gasteiger partial charge < -0.3 is 5.73 Å². The van der Waals surface area contributed by atoms with Crippen LogP contribution in [0, 0.1) is 0 Å². The van der Waals surface area contributed by atoms with E-state index in [1.54, 1.807) is 12.1 Å². The zero-order valence-corrected chi connectivity index (χ0v) is 11.4. The average molecular weight is 282 g/mol. The molecule has 1 aliphatic rings. The van der Waals surface area contributed by atoms with Gasteiger partial charge in [0.1, 0.15) is 0 Å². The molecule has 4 N–H and O–H groups in total. The molecule has 0 spiro atoms. The quantitative estimate of drug-likeness (QED) is 0.677. The van der Waals surface area contributed by atoms with Gasteiger partial charge in [-0.1, -0.05) is 6.07 Å². The van der Waals surface area contributed by atoms with Gasteiger partial charge in [-0.05, 0) is 30.8 Å². The summed E-state index contributed by atoms with van der Waals surface area (Å²) in [5, 5.41) is 1.81. The molecule has 7 heteroatoms. The summed E-state index contributed by atoms with van der Waals surface area (Å²) in [5.41, 5.74) is 10.7. The van der Waals surface area contributed by atoms with Crippen molar-refractivity contribution in [1.29, 1.82) is 0 Å². The number of hydrazine groups is 1. The Hall–Kier alpha value is -1.44. The largest absolute Gasteiger partial charge is 0.327 e. The van der Waals surface area contributed by atoms with E-state index in [2.05, 4.69) is 10.9 Å². The van der Waals surface area contributed by atoms with E-state index in [-0.39, 0.29) is 24.4 Å². The highest BCUT2D eigenvalue weighted by Gasteiger charge is 2.19. The van der Waals surface area contributed by atoms with Crippen LogP contribution in [0.25, 0.3) is 0 Å². The summed E-state index contributed by atoms with van der Waals surface area (Å²) in [7, 11) is 0. The highest BCUT2D eigenvalue weighted by atomic mass is 32.1. The molecule has 2 rings (SSSR count). The maximum absolute atomic E-state index is 11.7. The number of hydrogen-bond donors (Lipinski definition) is 3. The molecular formula is C12H18N4O2S. The highest BCUT2D eigenvalue weighted by molar-refractivity contribution is 7.12. The second-order valence-corrected chi connectivity index (χ2v) is 5.56. The first kappa shape index (κ1) is 14.0. The van der Waals surface area contributed by atoms with E-state index in [1.807, 2.05) is 10.3 Å². The zero-order chi connectivity index (χ0) is 13.7. The van der Waals surface area contributed by atoms with Crippen LogP contribution in [0.2, 0.25) is 0 Å². The minimum absolute atomic E-state index is 0.141. The molecule has 0 bridgehead atoms. The van der Waals surface area contributed by atoms with Gasteiger partial charge in [0.05, 0.1) is 11.4 Å². The standard InChI is InChI=1S/C12H18N4O2S/c13-9-3-1-5-16(7-9)8-11(17)14-15-12(18)10-4-2-6-19-10/h2,4,6,9H,1,3,5,7-8,13H2,(H,14,17)(H,15,18)/t9-/m1/s1. The first-order valence-electron chi connectivity index (χ1n) is 6.26. The van der Waals surface area contributed by atoms with Gasteiger partial charge in [0.2, 0.25) is 0 Å². The Morgan fingerprint density at radius 1 is 1.47 bits per heavy atom. The maximum Gasteiger partial charge on any atom is 0.279 e. The number of rotatable bonds is 3. The van der Waals surface area contributed by atoms with Crippen LogP contribution >= 0.6 is 11.3 Å². The lowest BCUT2D eigenvalue weighted by Gasteiger charge is -2.29. The molecule has 1 aromatic heterocycles. The monoisotopic (exact) mass is 282 g/mol. The summed E-state index contributed by atoms with van der Waals surface area (Å²) in [6.07, 6.45) is 2.02. The van der Waals surface area contributed by atoms with Crippen LogP contribution < -0.4 is 16.6 Å². The molecule has 0 unspecified atom stereocenters. The van der Waals surface area contributed by atoms with Crippen molar-refractivity contribution < 1.29 is 9.59 Å². The molecule has 0 radical (unpaired) electrons. The van der Waals surface area contributed by atoms with Gasteiger partial charge in [0.25, 0.3) is 11.8 Å². The third-order valence-electron chi connectivity index (χ3n) is 2.97. The van der Waals surface area contributed by atoms with E-state index in [9.17, 15) is 9.59 Å². The van der Waals surface area contributed by atoms with E-state index >= 15 is 0 Å². The molecule has 6 nitrogen and oxygen atoms in total. The van der Waals surface area contributed by atoms with E-state index in [0.717, 1.165) is 25.9 Å². The first-order valence-corrected chi connectivity index (χ1v) is 7.14. The minimum Gasteiger partial charge on any atom is -0.327 e. The summed E-state index contributed by atoms with van der Waals surface area (Å²) < 4.78 is 0. The lowest BCUT2D eigenvalue weighted by atomic mass is 10.1. The molecule has 1 saturated heterocycles. The molecular weight excluding hydrogens is 264 g/mol. The van der Waals surface area contributed by atoms with Crippen molar-refractivity contribution in [3.8, 4) is 0 Å². The number of nitrogens with zero attached hydrogens (tertiary/aromatic N) is 1. The van der Waals surface area contributed by atoms with E-state index in [1.165, 1.54) is 11.3 Å². The Morgan fingerprint density at radius 3 is 3.00 bits per heavy atom. The number of amides is 2. The summed E-state index contributed by atoms with van der Waals surface area (Å²) in [6.45, 7) is 1.87. The van der Waals surface area contributed by atoms with Crippen molar-refractivity contribution in [2.24, 2.45) is 5.73 Å². The first-order chi connectivity index (χ1) is 9.15. The maximum atomic E-state index is 11.7. The predicted octanol–water partition coefficient (Wildman–Crippen LogP) is -0.0678. The van der Waals surface area contributed by atoms with Crippen molar-refractivity contribution in [2.75, 3.05) is 19.6 Å². The molecule has 1 fully saturated rings. The van der Waals surface area contributed by atoms with Gasteiger partial charge in [-0.15, -0.1) is 11.3 Å². The summed E-state index contributed by atoms with van der Waals surface area (Å²) in [6, 6.07) is 3.63. The van der Waals surface area contributed by atoms with Crippen molar-refractivity contribution in [3.63, 3.8) is 0 Å². The van der Waals surface area contributed by atoms with Crippen LogP contribution in [0.4, 0.5) is 0 Å². The fraction of sp³-hybridized carbons (Fsp3) is 0.500. The van der Waals surface area contributed by atoms with Crippen molar-refractivity contribution in [2.45, 2.75) is 18.9 Å². The lowest BCUT2D eigenvalue weighted by Crippen LogP contribution is -2.50. The smallest absolute Gasteiger partial charge is 0.279 e. The van der Waals surface area contributed by atoms with Crippen LogP contribution in [0.1, 0.15) is 22.5 Å². The third kappa shape index (κ3) is 4.30. The van der Waals surface area contributed by atoms with Gasteiger partial charge in [-0.25, -0.2) is 0 Å². The molecule has 2 heterocycles. The number of carbonyl (C=O) groups is 2. The Balaban J connectivity index is 1.71. The van der Waals surface area contributed by atoms with Crippen LogP contribution in [0.5, 0.6) is 0 Å². The van der Waals surface area contributed by atoms with E-state index < -0.39 is 0 Å². The van der Waals surface area contributed by atoms with Crippen molar-refractivity contribution in [1.82, 2.24) is 15.8 Å². The third-order valence-corrected chi connectivity index (χ3v) is 3.84. The topological polar surface area (TPSA) is 87.5 Å². The Kier molecular flexibility index (Phi) is 4.89. The van der Waals surface area contributed by atoms with E-state index in [0.29, 0.717) is 4.88 Å². The molecule has 2 amide bonds. The molecule has 1 aliphatic heterocycles.